The van der Waals surface area contributed by atoms with Crippen molar-refractivity contribution >= 4 is 27.9 Å². The van der Waals surface area contributed by atoms with Gasteiger partial charge < -0.3 is 10.5 Å². The first kappa shape index (κ1) is 12.3. The molecule has 0 saturated carbocycles. The van der Waals surface area contributed by atoms with Gasteiger partial charge in [-0.15, -0.1) is 0 Å². The van der Waals surface area contributed by atoms with Gasteiger partial charge in [-0.1, -0.05) is 12.1 Å². The van der Waals surface area contributed by atoms with Gasteiger partial charge in [-0.25, -0.2) is 4.79 Å². The van der Waals surface area contributed by atoms with Crippen molar-refractivity contribution < 1.29 is 9.53 Å². The molecular formula is C10H11N3O2S. The lowest BCUT2D eigenvalue weighted by Crippen LogP contribution is -2.08. The molecule has 0 aliphatic rings. The molecule has 0 aliphatic heterocycles. The summed E-state index contributed by atoms with van der Waals surface area (Å²) in [5, 5.41) is 14.7. The maximum absolute atomic E-state index is 11.1. The Morgan fingerprint density at radius 2 is 1.75 bits per heavy atom. The second kappa shape index (κ2) is 5.32. The molecule has 0 atom stereocenters. The molecule has 84 valence electrons. The van der Waals surface area contributed by atoms with Gasteiger partial charge in [0.2, 0.25) is 0 Å². The summed E-state index contributed by atoms with van der Waals surface area (Å²) in [7, 11) is 1.31. The van der Waals surface area contributed by atoms with E-state index in [9.17, 15) is 4.79 Å². The zero-order chi connectivity index (χ0) is 12.1. The zero-order valence-corrected chi connectivity index (χ0v) is 9.43. The number of methoxy groups -OCH3 is 1. The average molecular weight is 237 g/mol. The minimum Gasteiger partial charge on any atom is -0.465 e. The van der Waals surface area contributed by atoms with Gasteiger partial charge in [-0.2, -0.15) is 0 Å². The monoisotopic (exact) mass is 237 g/mol. The van der Waals surface area contributed by atoms with E-state index >= 15 is 0 Å². The van der Waals surface area contributed by atoms with E-state index in [1.807, 2.05) is 0 Å². The van der Waals surface area contributed by atoms with Crippen LogP contribution in [0.5, 0.6) is 0 Å². The van der Waals surface area contributed by atoms with Crippen LogP contribution >= 0.6 is 11.8 Å². The Morgan fingerprint density at radius 1 is 1.25 bits per heavy atom. The minimum absolute atomic E-state index is 0.137. The van der Waals surface area contributed by atoms with Crippen LogP contribution in [-0.4, -0.2) is 23.3 Å². The van der Waals surface area contributed by atoms with Crippen LogP contribution in [0.2, 0.25) is 0 Å². The highest BCUT2D eigenvalue weighted by molar-refractivity contribution is 8.26. The Labute approximate surface area is 97.0 Å². The van der Waals surface area contributed by atoms with E-state index in [1.54, 1.807) is 24.3 Å². The predicted molar refractivity (Wildman–Crippen MR) is 64.1 cm³/mol. The van der Waals surface area contributed by atoms with Crippen LogP contribution in [0.4, 0.5) is 0 Å². The van der Waals surface area contributed by atoms with E-state index in [-0.39, 0.29) is 10.2 Å². The Morgan fingerprint density at radius 3 is 2.19 bits per heavy atom. The Bertz CT molecular complexity index is 428. The van der Waals surface area contributed by atoms with Crippen molar-refractivity contribution in [2.75, 3.05) is 7.11 Å². The van der Waals surface area contributed by atoms with Gasteiger partial charge in [0.15, 0.2) is 5.17 Å². The number of amidine groups is 1. The van der Waals surface area contributed by atoms with E-state index in [4.69, 9.17) is 16.6 Å². The summed E-state index contributed by atoms with van der Waals surface area (Å²) >= 11 is 0.856. The maximum atomic E-state index is 11.1. The van der Waals surface area contributed by atoms with Crippen molar-refractivity contribution in [3.8, 4) is 0 Å². The SMILES string of the molecule is COC(=O)c1ccc(C(=N)SC(=N)N)cc1. The van der Waals surface area contributed by atoms with Crippen LogP contribution in [0.25, 0.3) is 0 Å². The van der Waals surface area contributed by atoms with E-state index in [0.29, 0.717) is 11.1 Å². The fourth-order valence-corrected chi connectivity index (χ4v) is 1.52. The molecule has 0 fully saturated rings. The molecule has 5 nitrogen and oxygen atoms in total. The lowest BCUT2D eigenvalue weighted by atomic mass is 10.1. The summed E-state index contributed by atoms with van der Waals surface area (Å²) in [6.07, 6.45) is 0. The molecule has 0 amide bonds. The molecular weight excluding hydrogens is 226 g/mol. The third-order valence-corrected chi connectivity index (χ3v) is 2.44. The number of nitrogens with two attached hydrogens (primary N) is 1. The van der Waals surface area contributed by atoms with E-state index in [1.165, 1.54) is 7.11 Å². The highest BCUT2D eigenvalue weighted by Crippen LogP contribution is 2.13. The molecule has 0 bridgehead atoms. The number of thioether (sulfide) groups is 1. The highest BCUT2D eigenvalue weighted by atomic mass is 32.2. The summed E-state index contributed by atoms with van der Waals surface area (Å²) in [5.74, 6) is -0.419. The van der Waals surface area contributed by atoms with Crippen LogP contribution in [0, 0.1) is 10.8 Å². The van der Waals surface area contributed by atoms with Gasteiger partial charge in [0, 0.05) is 5.56 Å². The second-order valence-corrected chi connectivity index (χ2v) is 3.92. The first-order valence-corrected chi connectivity index (χ1v) is 5.15. The summed E-state index contributed by atoms with van der Waals surface area (Å²) in [6, 6.07) is 6.36. The van der Waals surface area contributed by atoms with Crippen molar-refractivity contribution in [2.24, 2.45) is 5.73 Å². The topological polar surface area (TPSA) is 100 Å². The van der Waals surface area contributed by atoms with Gasteiger partial charge in [0.25, 0.3) is 0 Å². The number of hydrogen-bond donors (Lipinski definition) is 3. The second-order valence-electron chi connectivity index (χ2n) is 2.86. The van der Waals surface area contributed by atoms with Crippen molar-refractivity contribution in [1.82, 2.24) is 0 Å². The first-order chi connectivity index (χ1) is 7.54. The first-order valence-electron chi connectivity index (χ1n) is 4.33. The summed E-state index contributed by atoms with van der Waals surface area (Å²) in [6.45, 7) is 0. The molecule has 0 aliphatic carbocycles. The molecule has 0 heterocycles. The van der Waals surface area contributed by atoms with Gasteiger partial charge in [-0.05, 0) is 23.9 Å². The normalized spacial score (nSPS) is 9.56. The lowest BCUT2D eigenvalue weighted by Gasteiger charge is -2.03. The number of hydrogen-bond acceptors (Lipinski definition) is 5. The van der Waals surface area contributed by atoms with Gasteiger partial charge in [0.05, 0.1) is 12.7 Å². The standard InChI is InChI=1S/C10H11N3O2S/c1-15-9(14)7-4-2-6(3-5-7)8(11)16-10(12)13/h2-5,11H,1H3,(H3,12,13). The number of nitrogens with one attached hydrogen (secondary N) is 2. The number of ether oxygens (including phenoxy) is 1. The van der Waals surface area contributed by atoms with Gasteiger partial charge in [0.1, 0.15) is 5.04 Å². The predicted octanol–water partition coefficient (Wildman–Crippen LogP) is 1.43. The molecule has 0 saturated heterocycles. The van der Waals surface area contributed by atoms with Crippen LogP contribution in [0.1, 0.15) is 15.9 Å². The van der Waals surface area contributed by atoms with E-state index in [2.05, 4.69) is 4.74 Å². The van der Waals surface area contributed by atoms with Crippen LogP contribution < -0.4 is 5.73 Å². The van der Waals surface area contributed by atoms with Crippen LogP contribution in [0.3, 0.4) is 0 Å². The molecule has 1 aromatic carbocycles. The highest BCUT2D eigenvalue weighted by Gasteiger charge is 2.07. The lowest BCUT2D eigenvalue weighted by molar-refractivity contribution is 0.0601. The van der Waals surface area contributed by atoms with Crippen LogP contribution in [-0.2, 0) is 4.74 Å². The molecule has 0 radical (unpaired) electrons. The van der Waals surface area contributed by atoms with Crippen LogP contribution in [0.15, 0.2) is 24.3 Å². The summed E-state index contributed by atoms with van der Waals surface area (Å²) in [5.41, 5.74) is 6.19. The summed E-state index contributed by atoms with van der Waals surface area (Å²) in [4.78, 5) is 11.1. The van der Waals surface area contributed by atoms with Crippen molar-refractivity contribution in [3.05, 3.63) is 35.4 Å². The maximum Gasteiger partial charge on any atom is 0.337 e. The Balaban J connectivity index is 2.82. The molecule has 16 heavy (non-hydrogen) atoms. The molecule has 1 rings (SSSR count). The number of esters is 1. The van der Waals surface area contributed by atoms with Crippen molar-refractivity contribution in [1.29, 1.82) is 10.8 Å². The number of carbonyl (C=O) groups excluding carboxylic acids is 1. The quantitative estimate of drug-likeness (QED) is 0.411. The third kappa shape index (κ3) is 3.09. The molecule has 0 unspecified atom stereocenters. The van der Waals surface area contributed by atoms with E-state index in [0.717, 1.165) is 11.8 Å². The molecule has 0 spiro atoms. The van der Waals surface area contributed by atoms with Gasteiger partial charge >= 0.3 is 5.97 Å². The minimum atomic E-state index is -0.419. The smallest absolute Gasteiger partial charge is 0.337 e. The van der Waals surface area contributed by atoms with Gasteiger partial charge in [-0.3, -0.25) is 10.8 Å². The molecule has 0 aromatic heterocycles. The van der Waals surface area contributed by atoms with Crippen molar-refractivity contribution in [2.45, 2.75) is 0 Å². The fraction of sp³-hybridized carbons (Fsp3) is 0.100. The average Bonchev–Trinajstić information content (AvgIpc) is 2.27. The zero-order valence-electron chi connectivity index (χ0n) is 8.61. The van der Waals surface area contributed by atoms with Crippen molar-refractivity contribution in [3.63, 3.8) is 0 Å². The summed E-state index contributed by atoms with van der Waals surface area (Å²) < 4.78 is 4.55. The molecule has 1 aromatic rings. The number of rotatable bonds is 2. The Kier molecular flexibility index (Phi) is 4.07. The molecule has 6 heteroatoms. The third-order valence-electron chi connectivity index (χ3n) is 1.78. The number of benzene rings is 1. The van der Waals surface area contributed by atoms with E-state index < -0.39 is 5.97 Å². The Hall–Kier alpha value is -1.82. The molecule has 4 N–H and O–H groups in total. The largest absolute Gasteiger partial charge is 0.465 e. The fourth-order valence-electron chi connectivity index (χ4n) is 1.04. The number of carbonyl (C=O) groups is 1.